The minimum Gasteiger partial charge on any atom is -0.350 e. The minimum atomic E-state index is -0.0168. The van der Waals surface area contributed by atoms with Gasteiger partial charge in [-0.2, -0.15) is 0 Å². The van der Waals surface area contributed by atoms with E-state index in [-0.39, 0.29) is 5.56 Å². The molecule has 1 aliphatic carbocycles. The molecule has 4 rings (SSSR count). The van der Waals surface area contributed by atoms with Gasteiger partial charge in [0.1, 0.15) is 0 Å². The van der Waals surface area contributed by atoms with E-state index in [1.165, 1.54) is 35.6 Å². The standard InChI is InChI=1S/C19H27N5OS/c1-23-10-8-20-17(19(23)25)24-9-4-7-15(13-24)21-11-16-12-22-18(26-16)14-5-2-3-6-14/h8,10,12,14-15,21H,2-7,9,11,13H2,1H3/t15-/m1/s1. The third-order valence-corrected chi connectivity index (χ3v) is 6.72. The Morgan fingerprint density at radius 1 is 1.23 bits per heavy atom. The van der Waals surface area contributed by atoms with Crippen LogP contribution >= 0.6 is 11.3 Å². The molecule has 0 unspecified atom stereocenters. The van der Waals surface area contributed by atoms with E-state index in [9.17, 15) is 4.79 Å². The van der Waals surface area contributed by atoms with Crippen molar-refractivity contribution in [1.82, 2.24) is 19.9 Å². The fourth-order valence-electron chi connectivity index (χ4n) is 4.05. The van der Waals surface area contributed by atoms with E-state index in [1.54, 1.807) is 24.0 Å². The molecule has 0 aromatic carbocycles. The van der Waals surface area contributed by atoms with Gasteiger partial charge in [-0.1, -0.05) is 12.8 Å². The molecule has 2 aromatic rings. The third-order valence-electron chi connectivity index (χ3n) is 5.56. The Balaban J connectivity index is 1.35. The zero-order chi connectivity index (χ0) is 17.9. The van der Waals surface area contributed by atoms with Crippen LogP contribution in [-0.2, 0) is 13.6 Å². The summed E-state index contributed by atoms with van der Waals surface area (Å²) >= 11 is 1.87. The number of aromatic nitrogens is 3. The first-order valence-corrected chi connectivity index (χ1v) is 10.5. The van der Waals surface area contributed by atoms with Crippen LogP contribution in [0.5, 0.6) is 0 Å². The summed E-state index contributed by atoms with van der Waals surface area (Å²) in [4.78, 5) is 24.7. The lowest BCUT2D eigenvalue weighted by molar-refractivity contribution is 0.420. The quantitative estimate of drug-likeness (QED) is 0.873. The molecule has 26 heavy (non-hydrogen) atoms. The van der Waals surface area contributed by atoms with E-state index in [1.807, 2.05) is 17.5 Å². The van der Waals surface area contributed by atoms with Crippen LogP contribution in [0.15, 0.2) is 23.4 Å². The van der Waals surface area contributed by atoms with E-state index < -0.39 is 0 Å². The summed E-state index contributed by atoms with van der Waals surface area (Å²) in [7, 11) is 1.78. The second kappa shape index (κ2) is 7.88. The number of piperidine rings is 1. The van der Waals surface area contributed by atoms with Crippen LogP contribution in [0.4, 0.5) is 5.82 Å². The molecule has 3 heterocycles. The predicted octanol–water partition coefficient (Wildman–Crippen LogP) is 2.65. The van der Waals surface area contributed by atoms with Crippen molar-refractivity contribution < 1.29 is 0 Å². The normalized spacial score (nSPS) is 21.4. The molecule has 1 aliphatic heterocycles. The molecule has 1 saturated heterocycles. The van der Waals surface area contributed by atoms with Gasteiger partial charge in [-0.3, -0.25) is 4.79 Å². The number of rotatable bonds is 5. The lowest BCUT2D eigenvalue weighted by Crippen LogP contribution is -2.47. The van der Waals surface area contributed by atoms with E-state index in [0.717, 1.165) is 32.5 Å². The van der Waals surface area contributed by atoms with E-state index in [4.69, 9.17) is 0 Å². The molecule has 2 aromatic heterocycles. The van der Waals surface area contributed by atoms with Crippen LogP contribution < -0.4 is 15.8 Å². The maximum Gasteiger partial charge on any atom is 0.293 e. The Kier molecular flexibility index (Phi) is 5.36. The van der Waals surface area contributed by atoms with Crippen LogP contribution in [-0.4, -0.2) is 33.7 Å². The van der Waals surface area contributed by atoms with Gasteiger partial charge in [0, 0.05) is 62.1 Å². The third kappa shape index (κ3) is 3.83. The Morgan fingerprint density at radius 2 is 2.08 bits per heavy atom. The molecule has 0 bridgehead atoms. The lowest BCUT2D eigenvalue weighted by Gasteiger charge is -2.33. The molecule has 0 amide bonds. The highest BCUT2D eigenvalue weighted by Crippen LogP contribution is 2.36. The fraction of sp³-hybridized carbons (Fsp3) is 0.632. The summed E-state index contributed by atoms with van der Waals surface area (Å²) in [6, 6.07) is 0.382. The van der Waals surface area contributed by atoms with Crippen LogP contribution in [0.25, 0.3) is 0 Å². The van der Waals surface area contributed by atoms with Gasteiger partial charge in [0.15, 0.2) is 5.82 Å². The van der Waals surface area contributed by atoms with Crippen molar-refractivity contribution in [3.05, 3.63) is 38.8 Å². The molecule has 2 aliphatic rings. The van der Waals surface area contributed by atoms with Crippen molar-refractivity contribution in [2.75, 3.05) is 18.0 Å². The highest BCUT2D eigenvalue weighted by molar-refractivity contribution is 7.11. The summed E-state index contributed by atoms with van der Waals surface area (Å²) < 4.78 is 1.60. The number of hydrogen-bond donors (Lipinski definition) is 1. The Labute approximate surface area is 158 Å². The molecule has 1 atom stereocenters. The Morgan fingerprint density at radius 3 is 2.92 bits per heavy atom. The number of nitrogens with one attached hydrogen (secondary N) is 1. The second-order valence-corrected chi connectivity index (χ2v) is 8.63. The van der Waals surface area contributed by atoms with E-state index in [2.05, 4.69) is 20.2 Å². The molecule has 1 N–H and O–H groups in total. The molecular weight excluding hydrogens is 346 g/mol. The molecule has 6 nitrogen and oxygen atoms in total. The first-order chi connectivity index (χ1) is 12.7. The van der Waals surface area contributed by atoms with Crippen molar-refractivity contribution in [2.45, 2.75) is 57.0 Å². The summed E-state index contributed by atoms with van der Waals surface area (Å²) in [6.07, 6.45) is 13.0. The van der Waals surface area contributed by atoms with Crippen molar-refractivity contribution in [1.29, 1.82) is 0 Å². The van der Waals surface area contributed by atoms with Crippen LogP contribution in [0.1, 0.15) is 54.3 Å². The molecular formula is C19H27N5OS. The number of thiazole rings is 1. The van der Waals surface area contributed by atoms with Gasteiger partial charge in [-0.25, -0.2) is 9.97 Å². The minimum absolute atomic E-state index is 0.0168. The molecule has 0 radical (unpaired) electrons. The average Bonchev–Trinajstić information content (AvgIpc) is 3.34. The van der Waals surface area contributed by atoms with Crippen molar-refractivity contribution >= 4 is 17.2 Å². The SMILES string of the molecule is Cn1ccnc(N2CCC[C@@H](NCc3cnc(C4CCCC4)s3)C2)c1=O. The molecule has 140 valence electrons. The highest BCUT2D eigenvalue weighted by atomic mass is 32.1. The number of nitrogens with zero attached hydrogens (tertiary/aromatic N) is 4. The smallest absolute Gasteiger partial charge is 0.293 e. The van der Waals surface area contributed by atoms with Gasteiger partial charge in [-0.05, 0) is 25.7 Å². The maximum atomic E-state index is 12.3. The monoisotopic (exact) mass is 373 g/mol. The lowest BCUT2D eigenvalue weighted by atomic mass is 10.1. The zero-order valence-corrected chi connectivity index (χ0v) is 16.2. The molecule has 1 saturated carbocycles. The van der Waals surface area contributed by atoms with Crippen LogP contribution in [0.3, 0.4) is 0 Å². The Bertz CT molecular complexity index is 795. The summed E-state index contributed by atoms with van der Waals surface area (Å²) in [5.74, 6) is 1.27. The van der Waals surface area contributed by atoms with Gasteiger partial charge in [0.05, 0.1) is 5.01 Å². The van der Waals surface area contributed by atoms with Crippen molar-refractivity contribution in [3.8, 4) is 0 Å². The number of anilines is 1. The van der Waals surface area contributed by atoms with Crippen molar-refractivity contribution in [3.63, 3.8) is 0 Å². The van der Waals surface area contributed by atoms with Gasteiger partial charge >= 0.3 is 0 Å². The topological polar surface area (TPSA) is 63.1 Å². The first kappa shape index (κ1) is 17.7. The van der Waals surface area contributed by atoms with Gasteiger partial charge in [-0.15, -0.1) is 11.3 Å². The van der Waals surface area contributed by atoms with E-state index in [0.29, 0.717) is 17.8 Å². The fourth-order valence-corrected chi connectivity index (χ4v) is 5.09. The highest BCUT2D eigenvalue weighted by Gasteiger charge is 2.23. The molecule has 0 spiro atoms. The molecule has 7 heteroatoms. The second-order valence-electron chi connectivity index (χ2n) is 7.48. The van der Waals surface area contributed by atoms with Gasteiger partial charge < -0.3 is 14.8 Å². The van der Waals surface area contributed by atoms with Crippen LogP contribution in [0.2, 0.25) is 0 Å². The zero-order valence-electron chi connectivity index (χ0n) is 15.4. The van der Waals surface area contributed by atoms with Crippen LogP contribution in [0, 0.1) is 0 Å². The summed E-state index contributed by atoms with van der Waals surface area (Å²) in [5, 5.41) is 4.99. The first-order valence-electron chi connectivity index (χ1n) is 9.65. The summed E-state index contributed by atoms with van der Waals surface area (Å²) in [6.45, 7) is 2.60. The number of aryl methyl sites for hydroxylation is 1. The van der Waals surface area contributed by atoms with Gasteiger partial charge in [0.2, 0.25) is 0 Å². The summed E-state index contributed by atoms with van der Waals surface area (Å²) in [5.41, 5.74) is -0.0168. The predicted molar refractivity (Wildman–Crippen MR) is 105 cm³/mol. The maximum absolute atomic E-state index is 12.3. The van der Waals surface area contributed by atoms with Gasteiger partial charge in [0.25, 0.3) is 5.56 Å². The van der Waals surface area contributed by atoms with Crippen molar-refractivity contribution in [2.24, 2.45) is 7.05 Å². The number of hydrogen-bond acceptors (Lipinski definition) is 6. The molecule has 2 fully saturated rings. The average molecular weight is 374 g/mol. The van der Waals surface area contributed by atoms with E-state index >= 15 is 0 Å². The Hall–Kier alpha value is -1.73. The largest absolute Gasteiger partial charge is 0.350 e.